The Morgan fingerprint density at radius 2 is 2.04 bits per heavy atom. The van der Waals surface area contributed by atoms with Crippen LogP contribution in [-0.2, 0) is 9.59 Å². The summed E-state index contributed by atoms with van der Waals surface area (Å²) in [5.41, 5.74) is 4.21. The summed E-state index contributed by atoms with van der Waals surface area (Å²) in [7, 11) is 0. The van der Waals surface area contributed by atoms with Crippen LogP contribution in [0.15, 0.2) is 36.7 Å². The average Bonchev–Trinajstić information content (AvgIpc) is 2.99. The maximum absolute atomic E-state index is 13.1. The van der Waals surface area contributed by atoms with Gasteiger partial charge in [0, 0.05) is 31.4 Å². The third kappa shape index (κ3) is 3.99. The molecular formula is C18H23FN4O2. The lowest BCUT2D eigenvalue weighted by atomic mass is 10.0. The molecule has 0 aliphatic carbocycles. The highest BCUT2D eigenvalue weighted by Gasteiger charge is 2.39. The molecule has 2 atom stereocenters. The maximum Gasteiger partial charge on any atom is 0.250 e. The van der Waals surface area contributed by atoms with Gasteiger partial charge in [-0.3, -0.25) is 9.59 Å². The molecule has 1 aromatic rings. The molecule has 6 nitrogen and oxygen atoms in total. The molecule has 7 heteroatoms. The second-order valence-electron chi connectivity index (χ2n) is 6.69. The first kappa shape index (κ1) is 17.4. The minimum atomic E-state index is -0.312. The van der Waals surface area contributed by atoms with Gasteiger partial charge in [-0.2, -0.15) is 0 Å². The van der Waals surface area contributed by atoms with Crippen LogP contribution in [0, 0.1) is 5.82 Å². The normalized spacial score (nSPS) is 22.5. The molecule has 0 aromatic heterocycles. The van der Waals surface area contributed by atoms with E-state index in [-0.39, 0.29) is 42.2 Å². The fourth-order valence-electron chi connectivity index (χ4n) is 3.15. The second-order valence-corrected chi connectivity index (χ2v) is 6.69. The van der Waals surface area contributed by atoms with Crippen molar-refractivity contribution in [2.45, 2.75) is 44.8 Å². The van der Waals surface area contributed by atoms with Crippen LogP contribution in [-0.4, -0.2) is 40.4 Å². The number of fused-ring (bicyclic) bond motifs is 1. The summed E-state index contributed by atoms with van der Waals surface area (Å²) in [5.74, 6) is -0.370. The van der Waals surface area contributed by atoms with Gasteiger partial charge in [0.15, 0.2) is 0 Å². The van der Waals surface area contributed by atoms with Crippen molar-refractivity contribution in [3.05, 3.63) is 48.0 Å². The zero-order valence-electron chi connectivity index (χ0n) is 14.4. The van der Waals surface area contributed by atoms with E-state index in [1.807, 2.05) is 20.0 Å². The van der Waals surface area contributed by atoms with Crippen LogP contribution >= 0.6 is 0 Å². The molecule has 2 N–H and O–H groups in total. The lowest BCUT2D eigenvalue weighted by Gasteiger charge is -2.31. The number of hydrogen-bond donors (Lipinski definition) is 2. The lowest BCUT2D eigenvalue weighted by molar-refractivity contribution is -0.134. The Bertz CT molecular complexity index is 674. The van der Waals surface area contributed by atoms with Gasteiger partial charge in [-0.25, -0.2) is 9.82 Å². The smallest absolute Gasteiger partial charge is 0.250 e. The highest BCUT2D eigenvalue weighted by molar-refractivity contribution is 5.85. The standard InChI is InChI=1S/C18H23FN4O2/c1-12(2)20-17(24)7-8-22-9-10-23-16(18(22)25)11-15(21-23)13-3-5-14(19)6-4-13/h3-6,9-10,12,15-16,21H,7-8,11H2,1-2H3,(H,20,24). The molecular weight excluding hydrogens is 323 g/mol. The minimum Gasteiger partial charge on any atom is -0.354 e. The van der Waals surface area contributed by atoms with Crippen LogP contribution < -0.4 is 10.7 Å². The van der Waals surface area contributed by atoms with Gasteiger partial charge in [-0.1, -0.05) is 12.1 Å². The molecule has 1 fully saturated rings. The van der Waals surface area contributed by atoms with Crippen molar-refractivity contribution in [3.63, 3.8) is 0 Å². The zero-order chi connectivity index (χ0) is 18.0. The van der Waals surface area contributed by atoms with E-state index in [0.29, 0.717) is 13.0 Å². The van der Waals surface area contributed by atoms with Crippen molar-refractivity contribution < 1.29 is 14.0 Å². The van der Waals surface area contributed by atoms with E-state index in [1.54, 1.807) is 28.2 Å². The highest BCUT2D eigenvalue weighted by atomic mass is 19.1. The second kappa shape index (κ2) is 7.23. The molecule has 25 heavy (non-hydrogen) atoms. The SMILES string of the molecule is CC(C)NC(=O)CCN1C=CN2NC(c3ccc(F)cc3)CC2C1=O. The summed E-state index contributed by atoms with van der Waals surface area (Å²) in [6, 6.07) is 6.04. The van der Waals surface area contributed by atoms with Gasteiger partial charge in [0.1, 0.15) is 11.9 Å². The summed E-state index contributed by atoms with van der Waals surface area (Å²) in [4.78, 5) is 26.0. The van der Waals surface area contributed by atoms with Gasteiger partial charge in [0.05, 0.1) is 6.04 Å². The number of carbonyl (C=O) groups excluding carboxylic acids is 2. The monoisotopic (exact) mass is 346 g/mol. The van der Waals surface area contributed by atoms with Crippen molar-refractivity contribution in [2.75, 3.05) is 6.54 Å². The van der Waals surface area contributed by atoms with Crippen LogP contribution in [0.1, 0.15) is 38.3 Å². The van der Waals surface area contributed by atoms with E-state index in [2.05, 4.69) is 10.7 Å². The first-order chi connectivity index (χ1) is 11.9. The molecule has 2 amide bonds. The summed E-state index contributed by atoms with van der Waals surface area (Å²) >= 11 is 0. The van der Waals surface area contributed by atoms with E-state index < -0.39 is 0 Å². The molecule has 3 rings (SSSR count). The summed E-state index contributed by atoms with van der Waals surface area (Å²) < 4.78 is 13.1. The topological polar surface area (TPSA) is 64.7 Å². The van der Waals surface area contributed by atoms with Crippen molar-refractivity contribution in [1.82, 2.24) is 20.7 Å². The van der Waals surface area contributed by atoms with E-state index in [1.165, 1.54) is 12.1 Å². The number of hydrazine groups is 1. The molecule has 0 bridgehead atoms. The van der Waals surface area contributed by atoms with Crippen LogP contribution in [0.5, 0.6) is 0 Å². The Balaban J connectivity index is 1.60. The number of hydrogen-bond acceptors (Lipinski definition) is 4. The van der Waals surface area contributed by atoms with Gasteiger partial charge in [0.2, 0.25) is 5.91 Å². The Morgan fingerprint density at radius 3 is 2.72 bits per heavy atom. The molecule has 0 saturated carbocycles. The third-order valence-electron chi connectivity index (χ3n) is 4.38. The number of carbonyl (C=O) groups is 2. The summed E-state index contributed by atoms with van der Waals surface area (Å²) in [6.45, 7) is 4.17. The molecule has 2 aliphatic rings. The number of rotatable bonds is 5. The predicted molar refractivity (Wildman–Crippen MR) is 91.3 cm³/mol. The largest absolute Gasteiger partial charge is 0.354 e. The molecule has 0 spiro atoms. The lowest BCUT2D eigenvalue weighted by Crippen LogP contribution is -2.48. The van der Waals surface area contributed by atoms with Gasteiger partial charge in [-0.05, 0) is 38.0 Å². The van der Waals surface area contributed by atoms with Crippen LogP contribution in [0.2, 0.25) is 0 Å². The molecule has 1 saturated heterocycles. The Labute approximate surface area is 146 Å². The van der Waals surface area contributed by atoms with E-state index in [0.717, 1.165) is 5.56 Å². The predicted octanol–water partition coefficient (Wildman–Crippen LogP) is 1.67. The van der Waals surface area contributed by atoms with Gasteiger partial charge < -0.3 is 15.2 Å². The van der Waals surface area contributed by atoms with Crippen molar-refractivity contribution >= 4 is 11.8 Å². The Hall–Kier alpha value is -2.41. The van der Waals surface area contributed by atoms with Crippen LogP contribution in [0.3, 0.4) is 0 Å². The molecule has 2 aliphatic heterocycles. The molecule has 2 unspecified atom stereocenters. The van der Waals surface area contributed by atoms with E-state index >= 15 is 0 Å². The number of nitrogens with one attached hydrogen (secondary N) is 2. The van der Waals surface area contributed by atoms with Crippen LogP contribution in [0.25, 0.3) is 0 Å². The first-order valence-electron chi connectivity index (χ1n) is 8.52. The average molecular weight is 346 g/mol. The van der Waals surface area contributed by atoms with Crippen molar-refractivity contribution in [2.24, 2.45) is 0 Å². The Morgan fingerprint density at radius 1 is 1.32 bits per heavy atom. The van der Waals surface area contributed by atoms with E-state index in [9.17, 15) is 14.0 Å². The van der Waals surface area contributed by atoms with Gasteiger partial charge in [-0.15, -0.1) is 0 Å². The quantitative estimate of drug-likeness (QED) is 0.851. The highest BCUT2D eigenvalue weighted by Crippen LogP contribution is 2.30. The van der Waals surface area contributed by atoms with Gasteiger partial charge in [0.25, 0.3) is 5.91 Å². The zero-order valence-corrected chi connectivity index (χ0v) is 14.4. The third-order valence-corrected chi connectivity index (χ3v) is 4.38. The summed E-state index contributed by atoms with van der Waals surface area (Å²) in [5, 5.41) is 4.61. The van der Waals surface area contributed by atoms with E-state index in [4.69, 9.17) is 0 Å². The number of amides is 2. The molecule has 2 heterocycles. The van der Waals surface area contributed by atoms with Gasteiger partial charge >= 0.3 is 0 Å². The van der Waals surface area contributed by atoms with Crippen molar-refractivity contribution in [1.29, 1.82) is 0 Å². The molecule has 134 valence electrons. The van der Waals surface area contributed by atoms with Crippen molar-refractivity contribution in [3.8, 4) is 0 Å². The number of nitrogens with zero attached hydrogens (tertiary/aromatic N) is 2. The number of halogens is 1. The Kier molecular flexibility index (Phi) is 5.03. The fourth-order valence-corrected chi connectivity index (χ4v) is 3.15. The summed E-state index contributed by atoms with van der Waals surface area (Å²) in [6.07, 6.45) is 4.39. The fraction of sp³-hybridized carbons (Fsp3) is 0.444. The molecule has 1 aromatic carbocycles. The number of benzene rings is 1. The molecule has 0 radical (unpaired) electrons. The van der Waals surface area contributed by atoms with Crippen LogP contribution in [0.4, 0.5) is 4.39 Å². The first-order valence-corrected chi connectivity index (χ1v) is 8.52. The minimum absolute atomic E-state index is 0.0306. The maximum atomic E-state index is 13.1.